The summed E-state index contributed by atoms with van der Waals surface area (Å²) in [4.78, 5) is 72.7. The number of esters is 4. The number of rotatable bonds is 80. The molecule has 19 heteroatoms. The molecule has 5 atom stereocenters. The Labute approximate surface area is 600 Å². The number of carbonyl (C=O) groups is 4. The molecule has 0 rings (SSSR count). The fraction of sp³-hybridized carbons (Fsp3) is 0.949. The molecule has 0 amide bonds. The van der Waals surface area contributed by atoms with Gasteiger partial charge in [-0.05, 0) is 25.7 Å². The fourth-order valence-electron chi connectivity index (χ4n) is 12.3. The van der Waals surface area contributed by atoms with Crippen molar-refractivity contribution in [3.8, 4) is 0 Å². The molecule has 0 spiro atoms. The molecular weight excluding hydrogens is 1280 g/mol. The summed E-state index contributed by atoms with van der Waals surface area (Å²) in [6.45, 7) is 4.95. The van der Waals surface area contributed by atoms with Crippen LogP contribution in [0.1, 0.15) is 426 Å². The van der Waals surface area contributed by atoms with E-state index in [2.05, 4.69) is 27.7 Å². The zero-order valence-corrected chi connectivity index (χ0v) is 65.6. The molecule has 17 nitrogen and oxygen atoms in total. The van der Waals surface area contributed by atoms with Gasteiger partial charge in [0.2, 0.25) is 0 Å². The Morgan fingerprint density at radius 2 is 0.408 bits per heavy atom. The van der Waals surface area contributed by atoms with E-state index in [0.717, 1.165) is 103 Å². The molecule has 0 saturated heterocycles. The highest BCUT2D eigenvalue weighted by Crippen LogP contribution is 2.45. The zero-order valence-electron chi connectivity index (χ0n) is 63.8. The predicted molar refractivity (Wildman–Crippen MR) is 400 cm³/mol. The Bertz CT molecular complexity index is 1860. The van der Waals surface area contributed by atoms with Crippen molar-refractivity contribution in [2.45, 2.75) is 444 Å². The average Bonchev–Trinajstić information content (AvgIpc) is 1.08. The number of ether oxygens (including phenoxy) is 4. The van der Waals surface area contributed by atoms with Crippen molar-refractivity contribution < 1.29 is 80.2 Å². The first-order valence-electron chi connectivity index (χ1n) is 41.3. The van der Waals surface area contributed by atoms with Crippen LogP contribution in [0.15, 0.2) is 0 Å². The van der Waals surface area contributed by atoms with E-state index in [1.165, 1.54) is 244 Å². The predicted octanol–water partition coefficient (Wildman–Crippen LogP) is 23.8. The van der Waals surface area contributed by atoms with E-state index in [1.54, 1.807) is 0 Å². The summed E-state index contributed by atoms with van der Waals surface area (Å²) in [6, 6.07) is 0. The number of unbranched alkanes of at least 4 members (excludes halogenated alkanes) is 54. The number of hydrogen-bond donors (Lipinski definition) is 3. The van der Waals surface area contributed by atoms with Crippen LogP contribution >= 0.6 is 15.6 Å². The van der Waals surface area contributed by atoms with Crippen LogP contribution in [0, 0.1) is 0 Å². The van der Waals surface area contributed by atoms with Crippen LogP contribution in [-0.2, 0) is 65.4 Å². The highest BCUT2D eigenvalue weighted by Gasteiger charge is 2.30. The molecule has 0 saturated carbocycles. The molecule has 582 valence electrons. The van der Waals surface area contributed by atoms with Gasteiger partial charge in [-0.2, -0.15) is 0 Å². The summed E-state index contributed by atoms with van der Waals surface area (Å²) in [7, 11) is -9.90. The second-order valence-corrected chi connectivity index (χ2v) is 31.4. The fourth-order valence-corrected chi connectivity index (χ4v) is 13.9. The molecule has 98 heavy (non-hydrogen) atoms. The summed E-state index contributed by atoms with van der Waals surface area (Å²) < 4.78 is 68.4. The highest BCUT2D eigenvalue weighted by atomic mass is 31.2. The van der Waals surface area contributed by atoms with Crippen molar-refractivity contribution in [2.24, 2.45) is 0 Å². The molecule has 0 aliphatic carbocycles. The second-order valence-electron chi connectivity index (χ2n) is 28.5. The first kappa shape index (κ1) is 96.1. The van der Waals surface area contributed by atoms with E-state index in [9.17, 15) is 43.2 Å². The lowest BCUT2D eigenvalue weighted by molar-refractivity contribution is -0.161. The van der Waals surface area contributed by atoms with E-state index in [1.807, 2.05) is 0 Å². The lowest BCUT2D eigenvalue weighted by atomic mass is 10.0. The van der Waals surface area contributed by atoms with Gasteiger partial charge in [0, 0.05) is 25.7 Å². The van der Waals surface area contributed by atoms with Crippen molar-refractivity contribution in [1.82, 2.24) is 0 Å². The molecule has 0 fully saturated rings. The van der Waals surface area contributed by atoms with Gasteiger partial charge >= 0.3 is 39.5 Å². The summed E-state index contributed by atoms with van der Waals surface area (Å²) >= 11 is 0. The zero-order chi connectivity index (χ0) is 71.8. The normalized spacial score (nSPS) is 13.8. The third-order valence-corrected chi connectivity index (χ3v) is 20.5. The topological polar surface area (TPSA) is 237 Å². The molecule has 2 unspecified atom stereocenters. The second kappa shape index (κ2) is 73.4. The van der Waals surface area contributed by atoms with Gasteiger partial charge in [-0.1, -0.05) is 374 Å². The van der Waals surface area contributed by atoms with E-state index in [-0.39, 0.29) is 25.7 Å². The molecule has 0 aromatic heterocycles. The van der Waals surface area contributed by atoms with Crippen molar-refractivity contribution in [3.63, 3.8) is 0 Å². The minimum absolute atomic E-state index is 0.107. The maximum Gasteiger partial charge on any atom is 0.472 e. The first-order chi connectivity index (χ1) is 47.7. The van der Waals surface area contributed by atoms with Crippen molar-refractivity contribution in [1.29, 1.82) is 0 Å². The highest BCUT2D eigenvalue weighted by molar-refractivity contribution is 7.47. The standard InChI is InChI=1S/C79H154O17P2/c1-5-9-13-17-21-24-27-29-31-33-35-37-39-41-43-45-47-50-54-58-62-66-79(84)96-75(70-90-77(82)64-60-56-52-49-46-44-42-40-38-36-34-32-30-28-25-22-18-14-10-6-2)72-94-98(87,88)92-68-73(80)67-91-97(85,86)93-71-74(69-89-76(81)63-59-55-51-20-16-12-8-4)95-78(83)65-61-57-53-48-26-23-19-15-11-7-3/h73-75,80H,5-72H2,1-4H3,(H,85,86)(H,87,88)/t73-,74+,75+/m0/s1. The number of phosphoric ester groups is 2. The average molecular weight is 1440 g/mol. The van der Waals surface area contributed by atoms with Gasteiger partial charge in [-0.15, -0.1) is 0 Å². The Morgan fingerprint density at radius 1 is 0.245 bits per heavy atom. The maximum absolute atomic E-state index is 13.1. The van der Waals surface area contributed by atoms with Gasteiger partial charge in [-0.25, -0.2) is 9.13 Å². The first-order valence-corrected chi connectivity index (χ1v) is 44.3. The summed E-state index contributed by atoms with van der Waals surface area (Å²) in [6.07, 6.45) is 65.6. The van der Waals surface area contributed by atoms with Gasteiger partial charge in [0.15, 0.2) is 12.2 Å². The Morgan fingerprint density at radius 3 is 0.602 bits per heavy atom. The Balaban J connectivity index is 5.13. The molecule has 0 heterocycles. The monoisotopic (exact) mass is 1440 g/mol. The molecule has 3 N–H and O–H groups in total. The van der Waals surface area contributed by atoms with Crippen molar-refractivity contribution in [2.75, 3.05) is 39.6 Å². The minimum atomic E-state index is -4.96. The van der Waals surface area contributed by atoms with Crippen LogP contribution in [0.2, 0.25) is 0 Å². The van der Waals surface area contributed by atoms with Crippen LogP contribution in [0.5, 0.6) is 0 Å². The maximum atomic E-state index is 13.1. The third-order valence-electron chi connectivity index (χ3n) is 18.6. The van der Waals surface area contributed by atoms with Crippen LogP contribution in [-0.4, -0.2) is 96.7 Å². The SMILES string of the molecule is CCCCCCCCCCCCCCCCCCCCCCCC(=O)O[C@H](COC(=O)CCCCCCCCCCCCCCCCCCCCCC)COP(=O)(O)OC[C@@H](O)COP(=O)(O)OC[C@@H](COC(=O)CCCCCCCCC)OC(=O)CCCCCCCCCCCC. The third kappa shape index (κ3) is 72.4. The summed E-state index contributed by atoms with van der Waals surface area (Å²) in [5.41, 5.74) is 0. The van der Waals surface area contributed by atoms with Gasteiger partial charge in [-0.3, -0.25) is 37.3 Å². The number of aliphatic hydroxyl groups is 1. The lowest BCUT2D eigenvalue weighted by Gasteiger charge is -2.21. The van der Waals surface area contributed by atoms with Crippen LogP contribution in [0.3, 0.4) is 0 Å². The van der Waals surface area contributed by atoms with Crippen molar-refractivity contribution in [3.05, 3.63) is 0 Å². The minimum Gasteiger partial charge on any atom is -0.462 e. The molecular formula is C79H154O17P2. The molecule has 0 radical (unpaired) electrons. The van der Waals surface area contributed by atoms with Crippen LogP contribution < -0.4 is 0 Å². The number of hydrogen-bond acceptors (Lipinski definition) is 15. The molecule has 0 aliphatic rings. The van der Waals surface area contributed by atoms with Gasteiger partial charge < -0.3 is 33.8 Å². The van der Waals surface area contributed by atoms with E-state index < -0.39 is 97.5 Å². The molecule has 0 bridgehead atoms. The van der Waals surface area contributed by atoms with E-state index in [4.69, 9.17) is 37.0 Å². The van der Waals surface area contributed by atoms with E-state index in [0.29, 0.717) is 25.7 Å². The van der Waals surface area contributed by atoms with Gasteiger partial charge in [0.25, 0.3) is 0 Å². The number of phosphoric acid groups is 2. The molecule has 0 aliphatic heterocycles. The Kier molecular flexibility index (Phi) is 71.9. The van der Waals surface area contributed by atoms with Gasteiger partial charge in [0.05, 0.1) is 26.4 Å². The Hall–Kier alpha value is -1.94. The smallest absolute Gasteiger partial charge is 0.462 e. The van der Waals surface area contributed by atoms with E-state index >= 15 is 0 Å². The van der Waals surface area contributed by atoms with Gasteiger partial charge in [0.1, 0.15) is 19.3 Å². The van der Waals surface area contributed by atoms with Crippen LogP contribution in [0.4, 0.5) is 0 Å². The largest absolute Gasteiger partial charge is 0.472 e. The van der Waals surface area contributed by atoms with Crippen LogP contribution in [0.25, 0.3) is 0 Å². The lowest BCUT2D eigenvalue weighted by Crippen LogP contribution is -2.30. The number of aliphatic hydroxyl groups excluding tert-OH is 1. The molecule has 0 aromatic carbocycles. The summed E-state index contributed by atoms with van der Waals surface area (Å²) in [5, 5.41) is 10.6. The molecule has 0 aromatic rings. The van der Waals surface area contributed by atoms with Crippen molar-refractivity contribution >= 4 is 39.5 Å². The quantitative estimate of drug-likeness (QED) is 0.0222. The number of carbonyl (C=O) groups excluding carboxylic acids is 4. The summed E-state index contributed by atoms with van der Waals surface area (Å²) in [5.74, 6) is -2.12.